The molecule has 2 aromatic rings. The van der Waals surface area contributed by atoms with Crippen LogP contribution in [0.1, 0.15) is 59.3 Å². The van der Waals surface area contributed by atoms with Gasteiger partial charge in [0.15, 0.2) is 5.65 Å². The highest BCUT2D eigenvalue weighted by molar-refractivity contribution is 5.87. The summed E-state index contributed by atoms with van der Waals surface area (Å²) in [5.74, 6) is 0.455. The average molecular weight is 372 g/mol. The number of nitrogens with one attached hydrogen (secondary N) is 2. The highest BCUT2D eigenvalue weighted by Gasteiger charge is 2.36. The average Bonchev–Trinajstić information content (AvgIpc) is 3.20. The van der Waals surface area contributed by atoms with Crippen molar-refractivity contribution in [2.24, 2.45) is 0 Å². The normalized spacial score (nSPS) is 22.0. The van der Waals surface area contributed by atoms with Crippen LogP contribution in [0.2, 0.25) is 0 Å². The fraction of sp³-hybridized carbons (Fsp3) is 0.684. The Kier molecular flexibility index (Phi) is 4.44. The van der Waals surface area contributed by atoms with Crippen LogP contribution in [0, 0.1) is 0 Å². The van der Waals surface area contributed by atoms with Gasteiger partial charge in [-0.25, -0.2) is 4.68 Å². The summed E-state index contributed by atoms with van der Waals surface area (Å²) < 4.78 is 1.74. The summed E-state index contributed by atoms with van der Waals surface area (Å²) in [7, 11) is 0. The molecule has 0 aromatic carbocycles. The van der Waals surface area contributed by atoms with Crippen molar-refractivity contribution in [3.05, 3.63) is 16.6 Å². The second-order valence-electron chi connectivity index (χ2n) is 8.69. The summed E-state index contributed by atoms with van der Waals surface area (Å²) in [6.45, 7) is 6.81. The number of amides is 1. The molecule has 1 saturated carbocycles. The summed E-state index contributed by atoms with van der Waals surface area (Å²) in [6.07, 6.45) is 8.16. The van der Waals surface area contributed by atoms with Crippen molar-refractivity contribution in [1.82, 2.24) is 24.6 Å². The standard InChI is InChI=1S/C19H28N6O2/c1-19(2,3)25-15-13(11-20-25)16(26)23-18(22-15)21-14-9-10-24(17(14)27)12-7-5-4-6-8-12/h11-12,14H,4-10H2,1-3H3,(H2,21,22,23,26). The number of nitrogens with zero attached hydrogens (tertiary/aromatic N) is 4. The summed E-state index contributed by atoms with van der Waals surface area (Å²) in [5, 5.41) is 7.94. The van der Waals surface area contributed by atoms with Gasteiger partial charge in [0.25, 0.3) is 5.56 Å². The highest BCUT2D eigenvalue weighted by Crippen LogP contribution is 2.27. The lowest BCUT2D eigenvalue weighted by atomic mass is 9.94. The third kappa shape index (κ3) is 3.33. The predicted molar refractivity (Wildman–Crippen MR) is 104 cm³/mol. The first-order valence-corrected chi connectivity index (χ1v) is 9.90. The van der Waals surface area contributed by atoms with Crippen molar-refractivity contribution >= 4 is 22.9 Å². The molecule has 1 aliphatic heterocycles. The Hall–Kier alpha value is -2.38. The quantitative estimate of drug-likeness (QED) is 0.861. The van der Waals surface area contributed by atoms with E-state index in [2.05, 4.69) is 20.4 Å². The van der Waals surface area contributed by atoms with Crippen LogP contribution in [-0.2, 0) is 10.3 Å². The van der Waals surface area contributed by atoms with E-state index < -0.39 is 0 Å². The molecule has 2 aromatic heterocycles. The van der Waals surface area contributed by atoms with Crippen molar-refractivity contribution in [3.63, 3.8) is 0 Å². The number of aromatic amines is 1. The van der Waals surface area contributed by atoms with Gasteiger partial charge in [-0.15, -0.1) is 0 Å². The van der Waals surface area contributed by atoms with Crippen LogP contribution in [0.5, 0.6) is 0 Å². The molecule has 1 saturated heterocycles. The number of fused-ring (bicyclic) bond motifs is 1. The number of aromatic nitrogens is 4. The molecule has 0 spiro atoms. The zero-order chi connectivity index (χ0) is 19.2. The number of rotatable bonds is 3. The van der Waals surface area contributed by atoms with Crippen LogP contribution < -0.4 is 10.9 Å². The summed E-state index contributed by atoms with van der Waals surface area (Å²) in [4.78, 5) is 34.6. The lowest BCUT2D eigenvalue weighted by molar-refractivity contribution is -0.130. The maximum Gasteiger partial charge on any atom is 0.263 e. The summed E-state index contributed by atoms with van der Waals surface area (Å²) >= 11 is 0. The summed E-state index contributed by atoms with van der Waals surface area (Å²) in [5.41, 5.74) is -0.00302. The Morgan fingerprint density at radius 2 is 1.89 bits per heavy atom. The molecule has 2 aliphatic rings. The van der Waals surface area contributed by atoms with E-state index in [-0.39, 0.29) is 23.0 Å². The molecule has 1 unspecified atom stereocenters. The lowest BCUT2D eigenvalue weighted by Crippen LogP contribution is -2.41. The second-order valence-corrected chi connectivity index (χ2v) is 8.69. The molecular formula is C19H28N6O2. The smallest absolute Gasteiger partial charge is 0.263 e. The predicted octanol–water partition coefficient (Wildman–Crippen LogP) is 2.22. The molecule has 4 rings (SSSR count). The van der Waals surface area contributed by atoms with E-state index in [1.54, 1.807) is 10.9 Å². The van der Waals surface area contributed by atoms with E-state index >= 15 is 0 Å². The molecule has 2 N–H and O–H groups in total. The van der Waals surface area contributed by atoms with Gasteiger partial charge in [-0.1, -0.05) is 19.3 Å². The van der Waals surface area contributed by atoms with E-state index in [9.17, 15) is 9.59 Å². The minimum Gasteiger partial charge on any atom is -0.344 e. The van der Waals surface area contributed by atoms with Gasteiger partial charge in [-0.05, 0) is 40.0 Å². The van der Waals surface area contributed by atoms with E-state index in [0.29, 0.717) is 23.0 Å². The molecule has 1 amide bonds. The Bertz CT molecular complexity index is 903. The lowest BCUT2D eigenvalue weighted by Gasteiger charge is -2.31. The van der Waals surface area contributed by atoms with Crippen LogP contribution in [0.15, 0.2) is 11.0 Å². The molecule has 1 aliphatic carbocycles. The molecule has 3 heterocycles. The van der Waals surface area contributed by atoms with E-state index in [4.69, 9.17) is 0 Å². The van der Waals surface area contributed by atoms with Gasteiger partial charge in [0.2, 0.25) is 11.9 Å². The molecule has 146 valence electrons. The number of carbonyl (C=O) groups is 1. The molecule has 1 atom stereocenters. The van der Waals surface area contributed by atoms with Crippen molar-refractivity contribution in [2.45, 2.75) is 76.9 Å². The van der Waals surface area contributed by atoms with Gasteiger partial charge in [-0.3, -0.25) is 14.6 Å². The molecule has 8 heteroatoms. The Balaban J connectivity index is 1.57. The number of anilines is 1. The maximum atomic E-state index is 12.9. The maximum absolute atomic E-state index is 12.9. The first kappa shape index (κ1) is 18.0. The summed E-state index contributed by atoms with van der Waals surface area (Å²) in [6, 6.07) is 0.0356. The van der Waals surface area contributed by atoms with Crippen LogP contribution in [0.3, 0.4) is 0 Å². The number of H-pyrrole nitrogens is 1. The van der Waals surface area contributed by atoms with Crippen LogP contribution in [0.4, 0.5) is 5.95 Å². The minimum atomic E-state index is -0.335. The van der Waals surface area contributed by atoms with Crippen molar-refractivity contribution in [2.75, 3.05) is 11.9 Å². The van der Waals surface area contributed by atoms with Gasteiger partial charge in [-0.2, -0.15) is 10.1 Å². The monoisotopic (exact) mass is 372 g/mol. The molecule has 8 nitrogen and oxygen atoms in total. The fourth-order valence-electron chi connectivity index (χ4n) is 4.23. The molecule has 0 radical (unpaired) electrons. The van der Waals surface area contributed by atoms with Crippen LogP contribution in [0.25, 0.3) is 11.0 Å². The third-order valence-corrected chi connectivity index (χ3v) is 5.64. The molecule has 0 bridgehead atoms. The van der Waals surface area contributed by atoms with Gasteiger partial charge >= 0.3 is 0 Å². The Morgan fingerprint density at radius 3 is 2.59 bits per heavy atom. The number of carbonyl (C=O) groups excluding carboxylic acids is 1. The third-order valence-electron chi connectivity index (χ3n) is 5.64. The fourth-order valence-corrected chi connectivity index (χ4v) is 4.23. The van der Waals surface area contributed by atoms with Gasteiger partial charge < -0.3 is 10.2 Å². The SMILES string of the molecule is CC(C)(C)n1ncc2c(=O)[nH]c(NC3CCN(C4CCCCC4)C3=O)nc21. The van der Waals surface area contributed by atoms with Crippen molar-refractivity contribution in [1.29, 1.82) is 0 Å². The minimum absolute atomic E-state index is 0.119. The largest absolute Gasteiger partial charge is 0.344 e. The van der Waals surface area contributed by atoms with Crippen molar-refractivity contribution < 1.29 is 4.79 Å². The second kappa shape index (κ2) is 6.65. The van der Waals surface area contributed by atoms with Gasteiger partial charge in [0.05, 0.1) is 11.7 Å². The first-order valence-electron chi connectivity index (χ1n) is 9.90. The Morgan fingerprint density at radius 1 is 1.15 bits per heavy atom. The Labute approximate surface area is 158 Å². The van der Waals surface area contributed by atoms with Crippen molar-refractivity contribution in [3.8, 4) is 0 Å². The van der Waals surface area contributed by atoms with E-state index in [0.717, 1.165) is 25.8 Å². The number of hydrogen-bond acceptors (Lipinski definition) is 5. The van der Waals surface area contributed by atoms with E-state index in [1.807, 2.05) is 25.7 Å². The van der Waals surface area contributed by atoms with Crippen LogP contribution in [-0.4, -0.2) is 49.2 Å². The zero-order valence-electron chi connectivity index (χ0n) is 16.3. The molecular weight excluding hydrogens is 344 g/mol. The highest BCUT2D eigenvalue weighted by atomic mass is 16.2. The first-order chi connectivity index (χ1) is 12.8. The van der Waals surface area contributed by atoms with Gasteiger partial charge in [0, 0.05) is 12.6 Å². The van der Waals surface area contributed by atoms with Crippen LogP contribution >= 0.6 is 0 Å². The zero-order valence-corrected chi connectivity index (χ0v) is 16.3. The topological polar surface area (TPSA) is 95.9 Å². The molecule has 27 heavy (non-hydrogen) atoms. The number of likely N-dealkylation sites (tertiary alicyclic amines) is 1. The van der Waals surface area contributed by atoms with Gasteiger partial charge in [0.1, 0.15) is 11.4 Å². The number of hydrogen-bond donors (Lipinski definition) is 2. The molecule has 2 fully saturated rings. The van der Waals surface area contributed by atoms with E-state index in [1.165, 1.54) is 19.3 Å².